The van der Waals surface area contributed by atoms with E-state index in [4.69, 9.17) is 10.8 Å². The Morgan fingerprint density at radius 3 is 2.38 bits per heavy atom. The van der Waals surface area contributed by atoms with E-state index >= 15 is 0 Å². The molecule has 0 aliphatic rings. The number of carbonyl (C=O) groups is 2. The van der Waals surface area contributed by atoms with Crippen molar-refractivity contribution >= 4 is 21.7 Å². The largest absolute Gasteiger partial charge is 0.480 e. The van der Waals surface area contributed by atoms with Gasteiger partial charge in [0.25, 0.3) is 0 Å². The molecule has 94 valence electrons. The molecule has 0 bridgehead atoms. The minimum absolute atomic E-state index is 0.0165. The molecule has 0 heterocycles. The highest BCUT2D eigenvalue weighted by atomic mass is 32.2. The molecule has 0 aromatic rings. The molecule has 0 rings (SSSR count). The summed E-state index contributed by atoms with van der Waals surface area (Å²) in [5.41, 5.74) is 5.12. The molecule has 16 heavy (non-hydrogen) atoms. The van der Waals surface area contributed by atoms with Gasteiger partial charge in [0, 0.05) is 19.2 Å². The van der Waals surface area contributed by atoms with Crippen molar-refractivity contribution in [3.05, 3.63) is 0 Å². The summed E-state index contributed by atoms with van der Waals surface area (Å²) >= 11 is 0. The third-order valence-electron chi connectivity index (χ3n) is 1.78. The first-order valence-corrected chi connectivity index (χ1v) is 6.72. The Labute approximate surface area is 93.9 Å². The van der Waals surface area contributed by atoms with Crippen LogP contribution >= 0.6 is 0 Å². The van der Waals surface area contributed by atoms with Crippen molar-refractivity contribution in [2.45, 2.75) is 18.9 Å². The van der Waals surface area contributed by atoms with Gasteiger partial charge in [-0.2, -0.15) is 0 Å². The summed E-state index contributed by atoms with van der Waals surface area (Å²) in [6.45, 7) is 0.115. The summed E-state index contributed by atoms with van der Waals surface area (Å²) in [5.74, 6) is -2.04. The highest BCUT2D eigenvalue weighted by Gasteiger charge is 2.21. The quantitative estimate of drug-likeness (QED) is 0.497. The summed E-state index contributed by atoms with van der Waals surface area (Å²) in [6.07, 6.45) is 0.876. The fraction of sp³-hybridized carbons (Fsp3) is 0.750. The lowest BCUT2D eigenvalue weighted by atomic mass is 10.2. The number of sulfone groups is 1. The summed E-state index contributed by atoms with van der Waals surface area (Å²) < 4.78 is 21.7. The smallest absolute Gasteiger partial charge is 0.326 e. The highest BCUT2D eigenvalue weighted by Crippen LogP contribution is 1.97. The van der Waals surface area contributed by atoms with Gasteiger partial charge in [0.05, 0.1) is 5.75 Å². The van der Waals surface area contributed by atoms with Gasteiger partial charge < -0.3 is 16.2 Å². The summed E-state index contributed by atoms with van der Waals surface area (Å²) in [7, 11) is -3.24. The number of aliphatic carboxylic acids is 1. The number of hydrogen-bond donors (Lipinski definition) is 3. The summed E-state index contributed by atoms with van der Waals surface area (Å²) in [6, 6.07) is -1.19. The molecule has 0 aromatic heterocycles. The number of carbonyl (C=O) groups excluding carboxylic acids is 1. The molecule has 0 saturated heterocycles. The van der Waals surface area contributed by atoms with Crippen molar-refractivity contribution in [1.82, 2.24) is 5.32 Å². The van der Waals surface area contributed by atoms with E-state index < -0.39 is 27.8 Å². The van der Waals surface area contributed by atoms with Crippen molar-refractivity contribution < 1.29 is 23.1 Å². The van der Waals surface area contributed by atoms with Gasteiger partial charge in [-0.3, -0.25) is 4.79 Å². The molecule has 1 unspecified atom stereocenters. The second-order valence-electron chi connectivity index (χ2n) is 3.42. The zero-order chi connectivity index (χ0) is 12.8. The number of hydrogen-bond acceptors (Lipinski definition) is 5. The van der Waals surface area contributed by atoms with E-state index in [-0.39, 0.29) is 25.1 Å². The minimum Gasteiger partial charge on any atom is -0.480 e. The van der Waals surface area contributed by atoms with Gasteiger partial charge in [0.1, 0.15) is 15.9 Å². The fourth-order valence-corrected chi connectivity index (χ4v) is 1.65. The van der Waals surface area contributed by atoms with E-state index in [1.807, 2.05) is 0 Å². The van der Waals surface area contributed by atoms with Crippen LogP contribution in [0, 0.1) is 0 Å². The molecule has 0 spiro atoms. The lowest BCUT2D eigenvalue weighted by Gasteiger charge is -2.13. The molecule has 0 radical (unpaired) electrons. The van der Waals surface area contributed by atoms with Crippen LogP contribution in [-0.4, -0.2) is 50.0 Å². The van der Waals surface area contributed by atoms with E-state index in [9.17, 15) is 18.0 Å². The van der Waals surface area contributed by atoms with Gasteiger partial charge in [-0.1, -0.05) is 0 Å². The fourth-order valence-electron chi connectivity index (χ4n) is 0.987. The summed E-state index contributed by atoms with van der Waals surface area (Å²) in [4.78, 5) is 21.8. The first kappa shape index (κ1) is 14.8. The maximum absolute atomic E-state index is 11.1. The van der Waals surface area contributed by atoms with Crippen LogP contribution in [0.25, 0.3) is 0 Å². The molecule has 0 aliphatic heterocycles. The Morgan fingerprint density at radius 2 is 2.00 bits per heavy atom. The molecule has 0 saturated carbocycles. The summed E-state index contributed by atoms with van der Waals surface area (Å²) in [5, 5.41) is 11.0. The third-order valence-corrected chi connectivity index (χ3v) is 2.76. The Hall–Kier alpha value is -1.15. The van der Waals surface area contributed by atoms with Crippen LogP contribution in [0.3, 0.4) is 0 Å². The molecule has 1 atom stereocenters. The minimum atomic E-state index is -3.24. The number of carboxylic acids is 1. The normalized spacial score (nSPS) is 13.1. The standard InChI is InChI=1S/C8H16N2O5S/c1-16(14,15)5-3-6(8(12)13)10-7(11)2-4-9/h6H,2-5,9H2,1H3,(H,10,11)(H,12,13). The van der Waals surface area contributed by atoms with E-state index in [2.05, 4.69) is 5.32 Å². The van der Waals surface area contributed by atoms with Crippen LogP contribution in [-0.2, 0) is 19.4 Å². The third kappa shape index (κ3) is 7.18. The van der Waals surface area contributed by atoms with Crippen molar-refractivity contribution in [2.75, 3.05) is 18.6 Å². The molecule has 0 aliphatic carbocycles. The molecule has 8 heteroatoms. The molecule has 0 aromatic carbocycles. The van der Waals surface area contributed by atoms with Crippen LogP contribution in [0.5, 0.6) is 0 Å². The van der Waals surface area contributed by atoms with Crippen molar-refractivity contribution in [1.29, 1.82) is 0 Å². The van der Waals surface area contributed by atoms with Crippen LogP contribution in [0.2, 0.25) is 0 Å². The number of amides is 1. The number of nitrogens with two attached hydrogens (primary N) is 1. The van der Waals surface area contributed by atoms with E-state index in [1.165, 1.54) is 0 Å². The van der Waals surface area contributed by atoms with Crippen molar-refractivity contribution in [2.24, 2.45) is 5.73 Å². The topological polar surface area (TPSA) is 127 Å². The molecule has 0 fully saturated rings. The zero-order valence-corrected chi connectivity index (χ0v) is 9.79. The zero-order valence-electron chi connectivity index (χ0n) is 8.97. The Morgan fingerprint density at radius 1 is 1.44 bits per heavy atom. The molecule has 7 nitrogen and oxygen atoms in total. The van der Waals surface area contributed by atoms with Gasteiger partial charge in [-0.25, -0.2) is 13.2 Å². The van der Waals surface area contributed by atoms with Crippen molar-refractivity contribution in [3.8, 4) is 0 Å². The lowest BCUT2D eigenvalue weighted by Crippen LogP contribution is -2.42. The van der Waals surface area contributed by atoms with Crippen LogP contribution in [0.15, 0.2) is 0 Å². The maximum atomic E-state index is 11.1. The van der Waals surface area contributed by atoms with E-state index in [0.29, 0.717) is 0 Å². The average Bonchev–Trinajstić information content (AvgIpc) is 2.10. The Bertz CT molecular complexity index is 351. The van der Waals surface area contributed by atoms with Gasteiger partial charge in [-0.15, -0.1) is 0 Å². The average molecular weight is 252 g/mol. The lowest BCUT2D eigenvalue weighted by molar-refractivity contribution is -0.141. The molecule has 4 N–H and O–H groups in total. The predicted molar refractivity (Wildman–Crippen MR) is 57.6 cm³/mol. The van der Waals surface area contributed by atoms with Crippen molar-refractivity contribution in [3.63, 3.8) is 0 Å². The predicted octanol–water partition coefficient (Wildman–Crippen LogP) is -1.66. The first-order valence-electron chi connectivity index (χ1n) is 4.66. The first-order chi connectivity index (χ1) is 7.26. The second-order valence-corrected chi connectivity index (χ2v) is 5.68. The van der Waals surface area contributed by atoms with Crippen LogP contribution in [0.4, 0.5) is 0 Å². The molecular formula is C8H16N2O5S. The highest BCUT2D eigenvalue weighted by molar-refractivity contribution is 7.90. The maximum Gasteiger partial charge on any atom is 0.326 e. The van der Waals surface area contributed by atoms with E-state index in [1.54, 1.807) is 0 Å². The second kappa shape index (κ2) is 6.44. The Balaban J connectivity index is 4.29. The molecular weight excluding hydrogens is 236 g/mol. The number of rotatable bonds is 7. The van der Waals surface area contributed by atoms with Crippen LogP contribution in [0.1, 0.15) is 12.8 Å². The van der Waals surface area contributed by atoms with Crippen LogP contribution < -0.4 is 11.1 Å². The van der Waals surface area contributed by atoms with Gasteiger partial charge in [-0.05, 0) is 6.42 Å². The monoisotopic (exact) mass is 252 g/mol. The number of nitrogens with one attached hydrogen (secondary N) is 1. The SMILES string of the molecule is CS(=O)(=O)CCC(NC(=O)CCN)C(=O)O. The number of carboxylic acid groups (broad SMARTS) is 1. The van der Waals surface area contributed by atoms with Gasteiger partial charge in [0.15, 0.2) is 0 Å². The van der Waals surface area contributed by atoms with Gasteiger partial charge in [0.2, 0.25) is 5.91 Å². The van der Waals surface area contributed by atoms with Gasteiger partial charge >= 0.3 is 5.97 Å². The van der Waals surface area contributed by atoms with E-state index in [0.717, 1.165) is 6.26 Å². The Kier molecular flexibility index (Phi) is 5.97. The molecule has 1 amide bonds.